The molecule has 2 heteroatoms. The quantitative estimate of drug-likeness (QED) is 0.616. The zero-order valence-electron chi connectivity index (χ0n) is 7.91. The molecule has 13 heavy (non-hydrogen) atoms. The molecule has 1 aromatic rings. The molecule has 0 aliphatic rings. The van der Waals surface area contributed by atoms with Gasteiger partial charge in [-0.1, -0.05) is 18.9 Å². The highest BCUT2D eigenvalue weighted by Crippen LogP contribution is 2.05. The van der Waals surface area contributed by atoms with Crippen molar-refractivity contribution in [2.45, 2.75) is 32.1 Å². The van der Waals surface area contributed by atoms with E-state index in [1.165, 1.54) is 12.0 Å². The minimum atomic E-state index is 0.0763. The normalized spacial score (nSPS) is 10.2. The molecular weight excluding hydrogens is 162 g/mol. The Morgan fingerprint density at radius 2 is 2.00 bits per heavy atom. The topological polar surface area (TPSA) is 32.8 Å². The molecule has 0 saturated heterocycles. The molecule has 0 amide bonds. The largest absolute Gasteiger partial charge is 0.264 e. The van der Waals surface area contributed by atoms with E-state index in [0.717, 1.165) is 25.7 Å². The van der Waals surface area contributed by atoms with Crippen molar-refractivity contribution in [2.24, 2.45) is 0 Å². The molecule has 1 heterocycles. The summed E-state index contributed by atoms with van der Waals surface area (Å²) in [5.41, 5.74) is 1.30. The van der Waals surface area contributed by atoms with Gasteiger partial charge >= 0.3 is 0 Å². The average molecular weight is 178 g/mol. The second-order valence-electron chi connectivity index (χ2n) is 3.23. The van der Waals surface area contributed by atoms with Crippen LogP contribution in [0.4, 0.5) is 0 Å². The molecule has 0 aromatic carbocycles. The smallest absolute Gasteiger partial charge is 0.0822 e. The summed E-state index contributed by atoms with van der Waals surface area (Å²) in [4.78, 5) is 4.05. The number of hydrogen-bond donors (Lipinski definition) is 0. The third-order valence-electron chi connectivity index (χ3n) is 2.08. The number of aryl methyl sites for hydroxylation is 1. The molecule has 0 N–H and O–H groups in total. The SMILES string of the molecule is [O]CCCCCCc1cccnc1. The molecular formula is C11H16NO. The molecule has 0 saturated carbocycles. The Balaban J connectivity index is 2.07. The highest BCUT2D eigenvalue weighted by Gasteiger charge is 1.92. The summed E-state index contributed by atoms with van der Waals surface area (Å²) < 4.78 is 0. The zero-order valence-corrected chi connectivity index (χ0v) is 7.91. The van der Waals surface area contributed by atoms with Gasteiger partial charge in [0.05, 0.1) is 6.61 Å². The van der Waals surface area contributed by atoms with E-state index in [9.17, 15) is 5.11 Å². The van der Waals surface area contributed by atoms with Gasteiger partial charge in [0.15, 0.2) is 0 Å². The Morgan fingerprint density at radius 1 is 1.15 bits per heavy atom. The van der Waals surface area contributed by atoms with Crippen LogP contribution in [0.25, 0.3) is 0 Å². The Hall–Kier alpha value is -0.890. The van der Waals surface area contributed by atoms with Crippen LogP contribution in [0.15, 0.2) is 24.5 Å². The van der Waals surface area contributed by atoms with E-state index in [0.29, 0.717) is 0 Å². The van der Waals surface area contributed by atoms with Gasteiger partial charge in [-0.05, 0) is 30.9 Å². The van der Waals surface area contributed by atoms with Crippen molar-refractivity contribution in [3.63, 3.8) is 0 Å². The second kappa shape index (κ2) is 6.61. The number of hydrogen-bond acceptors (Lipinski definition) is 1. The van der Waals surface area contributed by atoms with Crippen LogP contribution in [0.1, 0.15) is 31.2 Å². The Bertz CT molecular complexity index is 211. The number of rotatable bonds is 6. The maximum atomic E-state index is 10.2. The fraction of sp³-hybridized carbons (Fsp3) is 0.545. The van der Waals surface area contributed by atoms with Crippen molar-refractivity contribution in [1.29, 1.82) is 0 Å². The summed E-state index contributed by atoms with van der Waals surface area (Å²) in [7, 11) is 0. The predicted octanol–water partition coefficient (Wildman–Crippen LogP) is 2.62. The highest BCUT2D eigenvalue weighted by atomic mass is 16.2. The van der Waals surface area contributed by atoms with E-state index in [-0.39, 0.29) is 6.61 Å². The van der Waals surface area contributed by atoms with E-state index < -0.39 is 0 Å². The van der Waals surface area contributed by atoms with Crippen molar-refractivity contribution in [3.05, 3.63) is 30.1 Å². The van der Waals surface area contributed by atoms with Crippen LogP contribution in [-0.2, 0) is 11.5 Å². The standard InChI is InChI=1S/C11H16NO/c13-9-4-2-1-3-6-11-7-5-8-12-10-11/h5,7-8,10H,1-4,6,9H2. The van der Waals surface area contributed by atoms with Crippen LogP contribution in [0.3, 0.4) is 0 Å². The van der Waals surface area contributed by atoms with Crippen LogP contribution in [0.2, 0.25) is 0 Å². The summed E-state index contributed by atoms with van der Waals surface area (Å²) in [6, 6.07) is 4.06. The van der Waals surface area contributed by atoms with Crippen molar-refractivity contribution in [2.75, 3.05) is 6.61 Å². The van der Waals surface area contributed by atoms with Crippen molar-refractivity contribution in [1.82, 2.24) is 4.98 Å². The average Bonchev–Trinajstić information content (AvgIpc) is 2.19. The lowest BCUT2D eigenvalue weighted by atomic mass is 10.1. The van der Waals surface area contributed by atoms with Gasteiger partial charge in [0, 0.05) is 12.4 Å². The molecule has 0 fully saturated rings. The van der Waals surface area contributed by atoms with Gasteiger partial charge in [-0.15, -0.1) is 0 Å². The summed E-state index contributed by atoms with van der Waals surface area (Å²) in [6.45, 7) is 0.0763. The fourth-order valence-corrected chi connectivity index (χ4v) is 1.33. The first kappa shape index (κ1) is 10.2. The van der Waals surface area contributed by atoms with Crippen LogP contribution >= 0.6 is 0 Å². The lowest BCUT2D eigenvalue weighted by molar-refractivity contribution is 0.186. The van der Waals surface area contributed by atoms with E-state index >= 15 is 0 Å². The van der Waals surface area contributed by atoms with E-state index in [1.807, 2.05) is 12.3 Å². The Kier molecular flexibility index (Phi) is 5.18. The van der Waals surface area contributed by atoms with Crippen molar-refractivity contribution >= 4 is 0 Å². The number of pyridine rings is 1. The van der Waals surface area contributed by atoms with Gasteiger partial charge in [0.2, 0.25) is 0 Å². The molecule has 1 rings (SSSR count). The molecule has 0 aliphatic carbocycles. The van der Waals surface area contributed by atoms with Gasteiger partial charge in [0.25, 0.3) is 0 Å². The molecule has 0 unspecified atom stereocenters. The first-order chi connectivity index (χ1) is 6.43. The van der Waals surface area contributed by atoms with E-state index in [1.54, 1.807) is 6.20 Å². The minimum Gasteiger partial charge on any atom is -0.264 e. The minimum absolute atomic E-state index is 0.0763. The summed E-state index contributed by atoms with van der Waals surface area (Å²) in [5.74, 6) is 0. The zero-order chi connectivity index (χ0) is 9.36. The third-order valence-corrected chi connectivity index (χ3v) is 2.08. The summed E-state index contributed by atoms with van der Waals surface area (Å²) in [6.07, 6.45) is 9.03. The third kappa shape index (κ3) is 4.63. The number of aromatic nitrogens is 1. The molecule has 0 atom stereocenters. The number of unbranched alkanes of at least 4 members (excludes halogenated alkanes) is 3. The van der Waals surface area contributed by atoms with Gasteiger partial charge in [-0.2, -0.15) is 0 Å². The molecule has 1 aromatic heterocycles. The molecule has 2 nitrogen and oxygen atoms in total. The summed E-state index contributed by atoms with van der Waals surface area (Å²) in [5, 5.41) is 10.2. The first-order valence-electron chi connectivity index (χ1n) is 4.90. The van der Waals surface area contributed by atoms with Crippen molar-refractivity contribution in [3.8, 4) is 0 Å². The van der Waals surface area contributed by atoms with E-state index in [2.05, 4.69) is 11.1 Å². The van der Waals surface area contributed by atoms with Crippen molar-refractivity contribution < 1.29 is 5.11 Å². The van der Waals surface area contributed by atoms with Crippen LogP contribution in [0, 0.1) is 0 Å². The molecule has 0 spiro atoms. The maximum Gasteiger partial charge on any atom is 0.0822 e. The first-order valence-corrected chi connectivity index (χ1v) is 4.90. The number of nitrogens with zero attached hydrogens (tertiary/aromatic N) is 1. The lowest BCUT2D eigenvalue weighted by Crippen LogP contribution is -1.87. The monoisotopic (exact) mass is 178 g/mol. The van der Waals surface area contributed by atoms with Gasteiger partial charge in [0.1, 0.15) is 0 Å². The predicted molar refractivity (Wildman–Crippen MR) is 52.0 cm³/mol. The lowest BCUT2D eigenvalue weighted by Gasteiger charge is -1.99. The maximum absolute atomic E-state index is 10.2. The van der Waals surface area contributed by atoms with Gasteiger partial charge in [-0.3, -0.25) is 4.98 Å². The molecule has 0 aliphatic heterocycles. The molecule has 0 bridgehead atoms. The highest BCUT2D eigenvalue weighted by molar-refractivity contribution is 5.08. The van der Waals surface area contributed by atoms with Gasteiger partial charge in [-0.25, -0.2) is 5.11 Å². The Morgan fingerprint density at radius 3 is 2.69 bits per heavy atom. The second-order valence-corrected chi connectivity index (χ2v) is 3.23. The van der Waals surface area contributed by atoms with E-state index in [4.69, 9.17) is 0 Å². The van der Waals surface area contributed by atoms with Gasteiger partial charge < -0.3 is 0 Å². The van der Waals surface area contributed by atoms with Crippen LogP contribution in [-0.4, -0.2) is 11.6 Å². The Labute approximate surface area is 79.6 Å². The summed E-state index contributed by atoms with van der Waals surface area (Å²) >= 11 is 0. The van der Waals surface area contributed by atoms with Crippen LogP contribution < -0.4 is 0 Å². The molecule has 71 valence electrons. The molecule has 1 radical (unpaired) electrons. The van der Waals surface area contributed by atoms with Crippen LogP contribution in [0.5, 0.6) is 0 Å². The fourth-order valence-electron chi connectivity index (χ4n) is 1.33.